The third kappa shape index (κ3) is 3.20. The van der Waals surface area contributed by atoms with Gasteiger partial charge in [-0.05, 0) is 56.4 Å². The zero-order valence-corrected chi connectivity index (χ0v) is 13.4. The van der Waals surface area contributed by atoms with Crippen molar-refractivity contribution in [1.29, 1.82) is 5.26 Å². The van der Waals surface area contributed by atoms with Crippen LogP contribution in [-0.4, -0.2) is 11.6 Å². The smallest absolute Gasteiger partial charge is 0.134 e. The molecule has 4 heteroatoms. The predicted molar refractivity (Wildman–Crippen MR) is 89.9 cm³/mol. The number of benzene rings is 1. The first kappa shape index (κ1) is 14.8. The van der Waals surface area contributed by atoms with Crippen molar-refractivity contribution in [3.8, 4) is 11.8 Å². The standard InChI is InChI=1S/C18H18N2OS/c1-2-21-15-7-5-6-13(11-15)10-14(12-19)18-20-16-8-3-4-9-17(16)22-18/h5-7,10-11H,2-4,8-9H2,1H3/b14-10+. The third-order valence-electron chi connectivity index (χ3n) is 3.68. The Bertz CT molecular complexity index is 716. The molecule has 3 nitrogen and oxygen atoms in total. The number of fused-ring (bicyclic) bond motifs is 1. The number of nitriles is 1. The average molecular weight is 310 g/mol. The number of hydrogen-bond acceptors (Lipinski definition) is 4. The Balaban J connectivity index is 1.92. The van der Waals surface area contributed by atoms with Gasteiger partial charge in [-0.15, -0.1) is 11.3 Å². The summed E-state index contributed by atoms with van der Waals surface area (Å²) < 4.78 is 5.51. The molecule has 22 heavy (non-hydrogen) atoms. The molecule has 0 radical (unpaired) electrons. The van der Waals surface area contributed by atoms with Crippen LogP contribution >= 0.6 is 11.3 Å². The average Bonchev–Trinajstić information content (AvgIpc) is 2.97. The van der Waals surface area contributed by atoms with Gasteiger partial charge in [0.05, 0.1) is 17.9 Å². The van der Waals surface area contributed by atoms with Crippen LogP contribution in [0.25, 0.3) is 11.6 Å². The van der Waals surface area contributed by atoms with E-state index in [1.807, 2.05) is 37.3 Å². The molecule has 1 aliphatic rings. The second-order valence-corrected chi connectivity index (χ2v) is 6.35. The Hall–Kier alpha value is -2.12. The summed E-state index contributed by atoms with van der Waals surface area (Å²) in [5.74, 6) is 0.826. The van der Waals surface area contributed by atoms with E-state index in [1.54, 1.807) is 11.3 Å². The van der Waals surface area contributed by atoms with Crippen molar-refractivity contribution in [2.75, 3.05) is 6.61 Å². The lowest BCUT2D eigenvalue weighted by atomic mass is 10.0. The maximum absolute atomic E-state index is 9.49. The first-order valence-corrected chi connectivity index (χ1v) is 8.45. The van der Waals surface area contributed by atoms with Gasteiger partial charge in [0, 0.05) is 4.88 Å². The first-order valence-electron chi connectivity index (χ1n) is 7.63. The van der Waals surface area contributed by atoms with E-state index in [-0.39, 0.29) is 0 Å². The maximum atomic E-state index is 9.49. The van der Waals surface area contributed by atoms with E-state index in [0.29, 0.717) is 12.2 Å². The number of ether oxygens (including phenoxy) is 1. The van der Waals surface area contributed by atoms with Gasteiger partial charge in [0.25, 0.3) is 0 Å². The fourth-order valence-electron chi connectivity index (χ4n) is 2.64. The molecule has 2 aromatic rings. The van der Waals surface area contributed by atoms with Crippen molar-refractivity contribution in [2.24, 2.45) is 0 Å². The highest BCUT2D eigenvalue weighted by Gasteiger charge is 2.17. The summed E-state index contributed by atoms with van der Waals surface area (Å²) in [6.45, 7) is 2.60. The predicted octanol–water partition coefficient (Wildman–Crippen LogP) is 4.48. The van der Waals surface area contributed by atoms with Crippen LogP contribution in [0.15, 0.2) is 24.3 Å². The lowest BCUT2D eigenvalue weighted by Crippen LogP contribution is -1.99. The highest BCUT2D eigenvalue weighted by Crippen LogP contribution is 2.31. The quantitative estimate of drug-likeness (QED) is 0.782. The van der Waals surface area contributed by atoms with E-state index >= 15 is 0 Å². The number of aromatic nitrogens is 1. The Labute approximate surface area is 134 Å². The Morgan fingerprint density at radius 3 is 3.05 bits per heavy atom. The molecule has 0 atom stereocenters. The molecule has 0 bridgehead atoms. The van der Waals surface area contributed by atoms with Crippen LogP contribution in [0.2, 0.25) is 0 Å². The van der Waals surface area contributed by atoms with Crippen LogP contribution in [0, 0.1) is 11.3 Å². The fraction of sp³-hybridized carbons (Fsp3) is 0.333. The Morgan fingerprint density at radius 1 is 1.41 bits per heavy atom. The van der Waals surface area contributed by atoms with Gasteiger partial charge in [0.1, 0.15) is 16.8 Å². The molecule has 0 spiro atoms. The summed E-state index contributed by atoms with van der Waals surface area (Å²) in [7, 11) is 0. The van der Waals surface area contributed by atoms with Crippen molar-refractivity contribution in [2.45, 2.75) is 32.6 Å². The molecule has 1 aliphatic carbocycles. The lowest BCUT2D eigenvalue weighted by Gasteiger charge is -2.06. The number of aryl methyl sites for hydroxylation is 2. The molecular formula is C18H18N2OS. The van der Waals surface area contributed by atoms with Gasteiger partial charge in [-0.1, -0.05) is 12.1 Å². The summed E-state index contributed by atoms with van der Waals surface area (Å²) in [6, 6.07) is 10.1. The van der Waals surface area contributed by atoms with Crippen molar-refractivity contribution >= 4 is 23.0 Å². The summed E-state index contributed by atoms with van der Waals surface area (Å²) in [6.07, 6.45) is 6.48. The third-order valence-corrected chi connectivity index (χ3v) is 4.87. The van der Waals surface area contributed by atoms with Gasteiger partial charge in [-0.25, -0.2) is 4.98 Å². The fourth-order valence-corrected chi connectivity index (χ4v) is 3.75. The van der Waals surface area contributed by atoms with Gasteiger partial charge in [0.2, 0.25) is 0 Å². The largest absolute Gasteiger partial charge is 0.494 e. The van der Waals surface area contributed by atoms with Crippen molar-refractivity contribution < 1.29 is 4.74 Å². The maximum Gasteiger partial charge on any atom is 0.134 e. The second kappa shape index (κ2) is 6.76. The number of allylic oxidation sites excluding steroid dienone is 1. The molecule has 0 N–H and O–H groups in total. The van der Waals surface area contributed by atoms with E-state index in [4.69, 9.17) is 4.74 Å². The highest BCUT2D eigenvalue weighted by molar-refractivity contribution is 7.13. The normalized spacial score (nSPS) is 14.3. The molecule has 0 fully saturated rings. The minimum absolute atomic E-state index is 0.632. The first-order chi connectivity index (χ1) is 10.8. The zero-order valence-electron chi connectivity index (χ0n) is 12.6. The zero-order chi connectivity index (χ0) is 15.4. The van der Waals surface area contributed by atoms with Gasteiger partial charge in [-0.3, -0.25) is 0 Å². The molecule has 1 aromatic carbocycles. The summed E-state index contributed by atoms with van der Waals surface area (Å²) in [4.78, 5) is 6.03. The van der Waals surface area contributed by atoms with Crippen LogP contribution in [0.5, 0.6) is 5.75 Å². The van der Waals surface area contributed by atoms with Crippen molar-refractivity contribution in [3.05, 3.63) is 45.4 Å². The summed E-state index contributed by atoms with van der Waals surface area (Å²) in [5.41, 5.74) is 2.79. The van der Waals surface area contributed by atoms with Crippen LogP contribution in [0.3, 0.4) is 0 Å². The van der Waals surface area contributed by atoms with Crippen molar-refractivity contribution in [3.63, 3.8) is 0 Å². The molecule has 3 rings (SSSR count). The Kier molecular flexibility index (Phi) is 4.55. The number of hydrogen-bond donors (Lipinski definition) is 0. The molecule has 1 aromatic heterocycles. The minimum atomic E-state index is 0.632. The Morgan fingerprint density at radius 2 is 2.27 bits per heavy atom. The van der Waals surface area contributed by atoms with Crippen LogP contribution in [0.4, 0.5) is 0 Å². The summed E-state index contributed by atoms with van der Waals surface area (Å²) in [5, 5.41) is 10.3. The SMILES string of the molecule is CCOc1cccc(/C=C(\C#N)c2nc3c(s2)CCCC3)c1. The number of rotatable bonds is 4. The van der Waals surface area contributed by atoms with Gasteiger partial charge < -0.3 is 4.74 Å². The van der Waals surface area contributed by atoms with Gasteiger partial charge in [-0.2, -0.15) is 5.26 Å². The van der Waals surface area contributed by atoms with Gasteiger partial charge >= 0.3 is 0 Å². The molecule has 0 aliphatic heterocycles. The summed E-state index contributed by atoms with van der Waals surface area (Å²) >= 11 is 1.67. The molecule has 0 amide bonds. The second-order valence-electron chi connectivity index (χ2n) is 5.27. The van der Waals surface area contributed by atoms with Crippen LogP contribution < -0.4 is 4.74 Å². The van der Waals surface area contributed by atoms with Crippen LogP contribution in [-0.2, 0) is 12.8 Å². The molecule has 112 valence electrons. The number of nitrogens with zero attached hydrogens (tertiary/aromatic N) is 2. The highest BCUT2D eigenvalue weighted by atomic mass is 32.1. The molecule has 0 unspecified atom stereocenters. The van der Waals surface area contributed by atoms with E-state index < -0.39 is 0 Å². The van der Waals surface area contributed by atoms with Crippen LogP contribution in [0.1, 0.15) is 40.9 Å². The van der Waals surface area contributed by atoms with Gasteiger partial charge in [0.15, 0.2) is 0 Å². The number of thiazole rings is 1. The molecule has 0 saturated carbocycles. The van der Waals surface area contributed by atoms with Crippen molar-refractivity contribution in [1.82, 2.24) is 4.98 Å². The molecule has 1 heterocycles. The van der Waals surface area contributed by atoms with E-state index in [2.05, 4.69) is 11.1 Å². The molecular weight excluding hydrogens is 292 g/mol. The lowest BCUT2D eigenvalue weighted by molar-refractivity contribution is 0.340. The molecule has 0 saturated heterocycles. The van der Waals surface area contributed by atoms with E-state index in [9.17, 15) is 5.26 Å². The van der Waals surface area contributed by atoms with E-state index in [0.717, 1.165) is 29.2 Å². The topological polar surface area (TPSA) is 45.9 Å². The monoisotopic (exact) mass is 310 g/mol. The van der Waals surface area contributed by atoms with E-state index in [1.165, 1.54) is 23.4 Å². The minimum Gasteiger partial charge on any atom is -0.494 e.